The largest absolute Gasteiger partial charge is 0.322 e. The van der Waals surface area contributed by atoms with Gasteiger partial charge >= 0.3 is 0 Å². The Kier molecular flexibility index (Phi) is 4.85. The lowest BCUT2D eigenvalue weighted by Crippen LogP contribution is -2.27. The second-order valence-corrected chi connectivity index (χ2v) is 7.35. The molecule has 1 aromatic carbocycles. The molecule has 0 saturated heterocycles. The summed E-state index contributed by atoms with van der Waals surface area (Å²) >= 11 is 16.1. The van der Waals surface area contributed by atoms with Crippen LogP contribution in [0, 0.1) is 0 Å². The number of alkyl halides is 3. The topological polar surface area (TPSA) is 75.3 Å². The molecule has 0 heterocycles. The first-order chi connectivity index (χ1) is 8.16. The number of halogens is 3. The zero-order chi connectivity index (χ0) is 14.0. The molecule has 9 heteroatoms. The molecular formula is C9H9Cl3N2O3S. The van der Waals surface area contributed by atoms with E-state index in [9.17, 15) is 13.2 Å². The predicted molar refractivity (Wildman–Crippen MR) is 71.6 cm³/mol. The van der Waals surface area contributed by atoms with Crippen molar-refractivity contribution in [2.75, 3.05) is 12.4 Å². The van der Waals surface area contributed by atoms with E-state index in [0.29, 0.717) is 5.69 Å². The number of carbonyl (C=O) groups is 1. The van der Waals surface area contributed by atoms with Crippen LogP contribution in [0.25, 0.3) is 0 Å². The molecule has 1 aromatic rings. The Labute approximate surface area is 119 Å². The maximum atomic E-state index is 11.4. The SMILES string of the molecule is CNS(=O)(=O)c1ccc(NC(=O)C(Cl)(Cl)Cl)cc1. The van der Waals surface area contributed by atoms with Crippen LogP contribution in [0.2, 0.25) is 0 Å². The first-order valence-electron chi connectivity index (χ1n) is 4.58. The van der Waals surface area contributed by atoms with Gasteiger partial charge in [0, 0.05) is 5.69 Å². The average molecular weight is 332 g/mol. The molecular weight excluding hydrogens is 323 g/mol. The van der Waals surface area contributed by atoms with Crippen molar-refractivity contribution in [1.82, 2.24) is 4.72 Å². The number of nitrogens with one attached hydrogen (secondary N) is 2. The molecule has 0 radical (unpaired) electrons. The molecule has 5 nitrogen and oxygen atoms in total. The molecule has 0 bridgehead atoms. The summed E-state index contributed by atoms with van der Waals surface area (Å²) in [4.78, 5) is 11.4. The van der Waals surface area contributed by atoms with Crippen LogP contribution >= 0.6 is 34.8 Å². The Bertz CT molecular complexity index is 537. The van der Waals surface area contributed by atoms with Crippen LogP contribution in [0.15, 0.2) is 29.2 Å². The highest BCUT2D eigenvalue weighted by atomic mass is 35.6. The fraction of sp³-hybridized carbons (Fsp3) is 0.222. The predicted octanol–water partition coefficient (Wildman–Crippen LogP) is 1.90. The number of rotatable bonds is 3. The summed E-state index contributed by atoms with van der Waals surface area (Å²) in [5.74, 6) is -0.822. The van der Waals surface area contributed by atoms with E-state index >= 15 is 0 Å². The average Bonchev–Trinajstić information content (AvgIpc) is 2.28. The van der Waals surface area contributed by atoms with Gasteiger partial charge in [-0.05, 0) is 31.3 Å². The van der Waals surface area contributed by atoms with Crippen LogP contribution in [0.1, 0.15) is 0 Å². The number of sulfonamides is 1. The van der Waals surface area contributed by atoms with Crippen LogP contribution in [0.5, 0.6) is 0 Å². The molecule has 100 valence electrons. The van der Waals surface area contributed by atoms with E-state index in [1.165, 1.54) is 31.3 Å². The highest BCUT2D eigenvalue weighted by Gasteiger charge is 2.30. The van der Waals surface area contributed by atoms with Crippen LogP contribution in [-0.2, 0) is 14.8 Å². The third-order valence-electron chi connectivity index (χ3n) is 1.95. The van der Waals surface area contributed by atoms with Gasteiger partial charge in [-0.15, -0.1) is 0 Å². The van der Waals surface area contributed by atoms with Gasteiger partial charge in [0.05, 0.1) is 4.90 Å². The molecule has 0 aliphatic rings. The smallest absolute Gasteiger partial charge is 0.276 e. The van der Waals surface area contributed by atoms with Gasteiger partial charge in [-0.1, -0.05) is 34.8 Å². The minimum atomic E-state index is -3.51. The third-order valence-corrected chi connectivity index (χ3v) is 3.89. The molecule has 0 saturated carbocycles. The fourth-order valence-electron chi connectivity index (χ4n) is 1.04. The Balaban J connectivity index is 2.89. The molecule has 1 rings (SSSR count). The van der Waals surface area contributed by atoms with E-state index in [2.05, 4.69) is 10.0 Å². The van der Waals surface area contributed by atoms with Gasteiger partial charge in [-0.2, -0.15) is 0 Å². The maximum Gasteiger partial charge on any atom is 0.276 e. The number of benzene rings is 1. The lowest BCUT2D eigenvalue weighted by molar-refractivity contribution is -0.115. The molecule has 0 aromatic heterocycles. The maximum absolute atomic E-state index is 11.4. The van der Waals surface area contributed by atoms with E-state index in [4.69, 9.17) is 34.8 Å². The van der Waals surface area contributed by atoms with Gasteiger partial charge in [-0.25, -0.2) is 13.1 Å². The Morgan fingerprint density at radius 1 is 1.17 bits per heavy atom. The number of amides is 1. The first kappa shape index (κ1) is 15.5. The second kappa shape index (κ2) is 5.63. The van der Waals surface area contributed by atoms with Crippen LogP contribution in [0.4, 0.5) is 5.69 Å². The second-order valence-electron chi connectivity index (χ2n) is 3.18. The lowest BCUT2D eigenvalue weighted by atomic mass is 10.3. The van der Waals surface area contributed by atoms with E-state index in [1.54, 1.807) is 0 Å². The van der Waals surface area contributed by atoms with Crippen molar-refractivity contribution in [3.05, 3.63) is 24.3 Å². The van der Waals surface area contributed by atoms with Crippen molar-refractivity contribution in [2.24, 2.45) is 0 Å². The van der Waals surface area contributed by atoms with Crippen LogP contribution in [0.3, 0.4) is 0 Å². The molecule has 2 N–H and O–H groups in total. The number of hydrogen-bond acceptors (Lipinski definition) is 3. The van der Waals surface area contributed by atoms with Gasteiger partial charge < -0.3 is 5.32 Å². The molecule has 0 aliphatic heterocycles. The zero-order valence-electron chi connectivity index (χ0n) is 9.08. The summed E-state index contributed by atoms with van der Waals surface area (Å²) in [7, 11) is -2.21. The molecule has 1 amide bonds. The van der Waals surface area contributed by atoms with Gasteiger partial charge in [0.15, 0.2) is 0 Å². The molecule has 0 unspecified atom stereocenters. The third kappa shape index (κ3) is 4.00. The Morgan fingerprint density at radius 3 is 2.06 bits per heavy atom. The normalized spacial score (nSPS) is 12.2. The summed E-state index contributed by atoms with van der Waals surface area (Å²) < 4.78 is 23.0. The van der Waals surface area contributed by atoms with Crippen LogP contribution in [-0.4, -0.2) is 25.2 Å². The van der Waals surface area contributed by atoms with Crippen molar-refractivity contribution in [1.29, 1.82) is 0 Å². The summed E-state index contributed by atoms with van der Waals surface area (Å²) in [6.45, 7) is 0. The number of anilines is 1. The van der Waals surface area contributed by atoms with Gasteiger partial charge in [0.25, 0.3) is 9.70 Å². The number of carbonyl (C=O) groups excluding carboxylic acids is 1. The highest BCUT2D eigenvalue weighted by Crippen LogP contribution is 2.27. The summed E-state index contributed by atoms with van der Waals surface area (Å²) in [6.07, 6.45) is 0. The minimum Gasteiger partial charge on any atom is -0.322 e. The number of hydrogen-bond donors (Lipinski definition) is 2. The van der Waals surface area contributed by atoms with E-state index in [-0.39, 0.29) is 4.90 Å². The Hall–Kier alpha value is -0.530. The van der Waals surface area contributed by atoms with Crippen molar-refractivity contribution >= 4 is 56.4 Å². The summed E-state index contributed by atoms with van der Waals surface area (Å²) in [5, 5.41) is 2.33. The van der Waals surface area contributed by atoms with Crippen molar-refractivity contribution in [3.8, 4) is 0 Å². The molecule has 0 atom stereocenters. The molecule has 0 spiro atoms. The van der Waals surface area contributed by atoms with Gasteiger partial charge in [0.1, 0.15) is 0 Å². The van der Waals surface area contributed by atoms with Gasteiger partial charge in [-0.3, -0.25) is 4.79 Å². The van der Waals surface area contributed by atoms with Crippen molar-refractivity contribution < 1.29 is 13.2 Å². The highest BCUT2D eigenvalue weighted by molar-refractivity contribution is 7.89. The van der Waals surface area contributed by atoms with Gasteiger partial charge in [0.2, 0.25) is 10.0 Å². The quantitative estimate of drug-likeness (QED) is 0.831. The fourth-order valence-corrected chi connectivity index (χ4v) is 1.91. The molecule has 0 fully saturated rings. The molecule has 18 heavy (non-hydrogen) atoms. The van der Waals surface area contributed by atoms with Crippen molar-refractivity contribution in [3.63, 3.8) is 0 Å². The van der Waals surface area contributed by atoms with E-state index < -0.39 is 19.7 Å². The van der Waals surface area contributed by atoms with E-state index in [0.717, 1.165) is 0 Å². The zero-order valence-corrected chi connectivity index (χ0v) is 12.2. The van der Waals surface area contributed by atoms with Crippen LogP contribution < -0.4 is 10.0 Å². The molecule has 0 aliphatic carbocycles. The van der Waals surface area contributed by atoms with Crippen molar-refractivity contribution in [2.45, 2.75) is 8.69 Å². The van der Waals surface area contributed by atoms with E-state index in [1.807, 2.05) is 0 Å². The minimum absolute atomic E-state index is 0.0666. The Morgan fingerprint density at radius 2 is 1.67 bits per heavy atom. The standard InChI is InChI=1S/C9H9Cl3N2O3S/c1-13-18(16,17)7-4-2-6(3-5-7)14-8(15)9(10,11)12/h2-5,13H,1H3,(H,14,15). The lowest BCUT2D eigenvalue weighted by Gasteiger charge is -2.11. The first-order valence-corrected chi connectivity index (χ1v) is 7.20. The summed E-state index contributed by atoms with van der Waals surface area (Å²) in [6, 6.07) is 5.41. The monoisotopic (exact) mass is 330 g/mol. The summed E-state index contributed by atoms with van der Waals surface area (Å²) in [5.41, 5.74) is 0.321.